The summed E-state index contributed by atoms with van der Waals surface area (Å²) in [4.78, 5) is 0. The molecule has 7 heavy (non-hydrogen) atoms. The van der Waals surface area contributed by atoms with Crippen LogP contribution in [0, 0.1) is 0 Å². The molecule has 42 valence electrons. The van der Waals surface area contributed by atoms with Gasteiger partial charge in [0.05, 0.1) is 6.61 Å². The first-order chi connectivity index (χ1) is 3.41. The maximum absolute atomic E-state index is 4.72. The van der Waals surface area contributed by atoms with Crippen LogP contribution in [-0.2, 0) is 4.74 Å². The Morgan fingerprint density at radius 3 is 2.86 bits per heavy atom. The molecule has 0 saturated carbocycles. The fourth-order valence-corrected chi connectivity index (χ4v) is 0.262. The van der Waals surface area contributed by atoms with Crippen LogP contribution in [0.1, 0.15) is 0 Å². The standard InChI is InChI=1S/C5H11NO/c1-6-4-3-5-7-2/h3-4,6H,5H2,1-2H3/b4-3-. The zero-order valence-corrected chi connectivity index (χ0v) is 4.77. The average Bonchev–Trinajstić information content (AvgIpc) is 1.69. The van der Waals surface area contributed by atoms with Gasteiger partial charge in [-0.3, -0.25) is 0 Å². The molecule has 0 atom stereocenters. The maximum atomic E-state index is 4.72. The van der Waals surface area contributed by atoms with Gasteiger partial charge in [-0.2, -0.15) is 0 Å². The lowest BCUT2D eigenvalue weighted by atomic mass is 10.6. The normalized spacial score (nSPS) is 10.0. The Morgan fingerprint density at radius 1 is 1.71 bits per heavy atom. The third kappa shape index (κ3) is 5.50. The van der Waals surface area contributed by atoms with E-state index in [1.165, 1.54) is 0 Å². The predicted molar refractivity (Wildman–Crippen MR) is 30.1 cm³/mol. The molecule has 0 rings (SSSR count). The molecule has 2 nitrogen and oxygen atoms in total. The van der Waals surface area contributed by atoms with Gasteiger partial charge in [0.25, 0.3) is 0 Å². The highest BCUT2D eigenvalue weighted by Gasteiger charge is 1.65. The third-order valence-corrected chi connectivity index (χ3v) is 0.547. The van der Waals surface area contributed by atoms with E-state index in [0.717, 1.165) is 0 Å². The Balaban J connectivity index is 2.78. The van der Waals surface area contributed by atoms with Crippen molar-refractivity contribution >= 4 is 0 Å². The number of hydrogen-bond donors (Lipinski definition) is 1. The van der Waals surface area contributed by atoms with E-state index in [-0.39, 0.29) is 0 Å². The molecule has 1 N–H and O–H groups in total. The summed E-state index contributed by atoms with van der Waals surface area (Å²) >= 11 is 0. The minimum absolute atomic E-state index is 0.681. The first-order valence-corrected chi connectivity index (χ1v) is 2.23. The van der Waals surface area contributed by atoms with Gasteiger partial charge in [0.2, 0.25) is 0 Å². The summed E-state index contributed by atoms with van der Waals surface area (Å²) in [6.45, 7) is 0.681. The molecular formula is C5H11NO. The monoisotopic (exact) mass is 101 g/mol. The fourth-order valence-electron chi connectivity index (χ4n) is 0.262. The van der Waals surface area contributed by atoms with Crippen LogP contribution in [0.5, 0.6) is 0 Å². The second kappa shape index (κ2) is 5.50. The predicted octanol–water partition coefficient (Wildman–Crippen LogP) is 0.366. The van der Waals surface area contributed by atoms with Crippen molar-refractivity contribution in [2.24, 2.45) is 0 Å². The summed E-state index contributed by atoms with van der Waals surface area (Å²) in [5.74, 6) is 0. The molecule has 0 unspecified atom stereocenters. The van der Waals surface area contributed by atoms with Crippen molar-refractivity contribution in [1.29, 1.82) is 0 Å². The van der Waals surface area contributed by atoms with Gasteiger partial charge in [0.1, 0.15) is 0 Å². The van der Waals surface area contributed by atoms with Crippen LogP contribution >= 0.6 is 0 Å². The van der Waals surface area contributed by atoms with Crippen molar-refractivity contribution in [3.63, 3.8) is 0 Å². The third-order valence-electron chi connectivity index (χ3n) is 0.547. The first kappa shape index (κ1) is 6.50. The molecule has 2 heteroatoms. The zero-order chi connectivity index (χ0) is 5.54. The van der Waals surface area contributed by atoms with E-state index in [1.807, 2.05) is 19.3 Å². The average molecular weight is 101 g/mol. The molecule has 0 saturated heterocycles. The van der Waals surface area contributed by atoms with Gasteiger partial charge in [0, 0.05) is 14.2 Å². The van der Waals surface area contributed by atoms with Crippen molar-refractivity contribution in [2.75, 3.05) is 20.8 Å². The number of nitrogens with one attached hydrogen (secondary N) is 1. The maximum Gasteiger partial charge on any atom is 0.0660 e. The minimum atomic E-state index is 0.681. The van der Waals surface area contributed by atoms with Gasteiger partial charge in [-0.1, -0.05) is 0 Å². The Kier molecular flexibility index (Phi) is 5.11. The van der Waals surface area contributed by atoms with Crippen LogP contribution in [-0.4, -0.2) is 20.8 Å². The van der Waals surface area contributed by atoms with Gasteiger partial charge in [-0.25, -0.2) is 0 Å². The summed E-state index contributed by atoms with van der Waals surface area (Å²) in [5.41, 5.74) is 0. The van der Waals surface area contributed by atoms with Crippen molar-refractivity contribution in [2.45, 2.75) is 0 Å². The van der Waals surface area contributed by atoms with Crippen LogP contribution in [0.3, 0.4) is 0 Å². The van der Waals surface area contributed by atoms with Crippen molar-refractivity contribution in [3.8, 4) is 0 Å². The Morgan fingerprint density at radius 2 is 2.43 bits per heavy atom. The van der Waals surface area contributed by atoms with E-state index in [4.69, 9.17) is 4.74 Å². The smallest absolute Gasteiger partial charge is 0.0660 e. The van der Waals surface area contributed by atoms with E-state index in [9.17, 15) is 0 Å². The largest absolute Gasteiger partial charge is 0.394 e. The first-order valence-electron chi connectivity index (χ1n) is 2.23. The highest BCUT2D eigenvalue weighted by molar-refractivity contribution is 4.76. The van der Waals surface area contributed by atoms with Crippen LogP contribution in [0.25, 0.3) is 0 Å². The molecule has 0 spiro atoms. The van der Waals surface area contributed by atoms with Gasteiger partial charge in [0.15, 0.2) is 0 Å². The van der Waals surface area contributed by atoms with Gasteiger partial charge in [-0.05, 0) is 12.3 Å². The molecule has 0 bridgehead atoms. The molecule has 0 aromatic carbocycles. The molecular weight excluding hydrogens is 90.1 g/mol. The summed E-state index contributed by atoms with van der Waals surface area (Å²) < 4.78 is 4.72. The Bertz CT molecular complexity index is 52.0. The van der Waals surface area contributed by atoms with Crippen LogP contribution in [0.4, 0.5) is 0 Å². The van der Waals surface area contributed by atoms with E-state index >= 15 is 0 Å². The molecule has 0 aliphatic rings. The van der Waals surface area contributed by atoms with Gasteiger partial charge in [-0.15, -0.1) is 0 Å². The second-order valence-electron chi connectivity index (χ2n) is 1.15. The lowest BCUT2D eigenvalue weighted by molar-refractivity contribution is 0.233. The van der Waals surface area contributed by atoms with Gasteiger partial charge >= 0.3 is 0 Å². The summed E-state index contributed by atoms with van der Waals surface area (Å²) in [5, 5.41) is 2.84. The molecule has 0 heterocycles. The van der Waals surface area contributed by atoms with Crippen LogP contribution < -0.4 is 5.32 Å². The van der Waals surface area contributed by atoms with Crippen molar-refractivity contribution < 1.29 is 4.74 Å². The molecule has 0 fully saturated rings. The van der Waals surface area contributed by atoms with Crippen molar-refractivity contribution in [3.05, 3.63) is 12.3 Å². The second-order valence-corrected chi connectivity index (χ2v) is 1.15. The van der Waals surface area contributed by atoms with E-state index in [1.54, 1.807) is 7.11 Å². The number of ether oxygens (including phenoxy) is 1. The molecule has 0 amide bonds. The number of rotatable bonds is 3. The fraction of sp³-hybridized carbons (Fsp3) is 0.600. The molecule has 0 aromatic rings. The highest BCUT2D eigenvalue weighted by atomic mass is 16.5. The summed E-state index contributed by atoms with van der Waals surface area (Å²) in [6.07, 6.45) is 3.74. The SMILES string of the molecule is CN/C=C\COC. The number of methoxy groups -OCH3 is 1. The topological polar surface area (TPSA) is 21.3 Å². The van der Waals surface area contributed by atoms with E-state index < -0.39 is 0 Å². The molecule has 0 aliphatic heterocycles. The number of hydrogen-bond acceptors (Lipinski definition) is 2. The minimum Gasteiger partial charge on any atom is -0.394 e. The molecule has 0 radical (unpaired) electrons. The van der Waals surface area contributed by atoms with Gasteiger partial charge < -0.3 is 10.1 Å². The lowest BCUT2D eigenvalue weighted by Crippen LogP contribution is -1.92. The lowest BCUT2D eigenvalue weighted by Gasteiger charge is -1.85. The van der Waals surface area contributed by atoms with Crippen LogP contribution in [0.15, 0.2) is 12.3 Å². The zero-order valence-electron chi connectivity index (χ0n) is 4.77. The highest BCUT2D eigenvalue weighted by Crippen LogP contribution is 1.66. The molecule has 0 aliphatic carbocycles. The Hall–Kier alpha value is -0.500. The summed E-state index contributed by atoms with van der Waals surface area (Å²) in [6, 6.07) is 0. The van der Waals surface area contributed by atoms with Crippen molar-refractivity contribution in [1.82, 2.24) is 5.32 Å². The summed E-state index contributed by atoms with van der Waals surface area (Å²) in [7, 11) is 3.52. The molecule has 0 aromatic heterocycles. The van der Waals surface area contributed by atoms with E-state index in [2.05, 4.69) is 5.32 Å². The Labute approximate surface area is 44.2 Å². The van der Waals surface area contributed by atoms with E-state index in [0.29, 0.717) is 6.61 Å². The quantitative estimate of drug-likeness (QED) is 0.554. The van der Waals surface area contributed by atoms with Crippen LogP contribution in [0.2, 0.25) is 0 Å².